The Hall–Kier alpha value is -1.09. The lowest BCUT2D eigenvalue weighted by Crippen LogP contribution is -2.33. The van der Waals surface area contributed by atoms with E-state index in [4.69, 9.17) is 11.6 Å². The van der Waals surface area contributed by atoms with Crippen LogP contribution in [-0.4, -0.2) is 11.9 Å². The topological polar surface area (TPSA) is 29.1 Å². The zero-order chi connectivity index (χ0) is 11.5. The van der Waals surface area contributed by atoms with Crippen molar-refractivity contribution in [3.05, 3.63) is 34.6 Å². The molecule has 0 radical (unpaired) electrons. The molecule has 1 N–H and O–H groups in total. The van der Waals surface area contributed by atoms with Gasteiger partial charge in [0.15, 0.2) is 0 Å². The number of rotatable bonds is 2. The zero-order valence-corrected chi connectivity index (χ0v) is 9.56. The number of carbonyl (C=O) groups is 1. The third kappa shape index (κ3) is 2.53. The van der Waals surface area contributed by atoms with E-state index < -0.39 is 5.82 Å². The maximum atomic E-state index is 13.4. The maximum absolute atomic E-state index is 13.4. The Labute approximate surface area is 98.8 Å². The third-order valence-electron chi connectivity index (χ3n) is 2.86. The quantitative estimate of drug-likeness (QED) is 0.847. The number of hydrogen-bond donors (Lipinski definition) is 1. The molecule has 0 aliphatic heterocycles. The van der Waals surface area contributed by atoms with Gasteiger partial charge in [-0.05, 0) is 31.0 Å². The predicted octanol–water partition coefficient (Wildman–Crippen LogP) is 3.15. The number of halogens is 2. The van der Waals surface area contributed by atoms with Gasteiger partial charge in [-0.15, -0.1) is 0 Å². The summed E-state index contributed by atoms with van der Waals surface area (Å²) in [5.41, 5.74) is 0.0272. The van der Waals surface area contributed by atoms with Crippen molar-refractivity contribution in [1.82, 2.24) is 5.32 Å². The molecule has 1 amide bonds. The van der Waals surface area contributed by atoms with E-state index in [9.17, 15) is 9.18 Å². The van der Waals surface area contributed by atoms with Gasteiger partial charge >= 0.3 is 0 Å². The first-order valence-electron chi connectivity index (χ1n) is 5.43. The molecule has 86 valence electrons. The molecule has 4 heteroatoms. The third-order valence-corrected chi connectivity index (χ3v) is 3.10. The van der Waals surface area contributed by atoms with Crippen molar-refractivity contribution in [2.75, 3.05) is 0 Å². The fourth-order valence-electron chi connectivity index (χ4n) is 2.00. The highest BCUT2D eigenvalue weighted by Crippen LogP contribution is 2.19. The normalized spacial score (nSPS) is 16.4. The van der Waals surface area contributed by atoms with Crippen molar-refractivity contribution in [2.45, 2.75) is 31.7 Å². The van der Waals surface area contributed by atoms with Crippen LogP contribution in [0.5, 0.6) is 0 Å². The first-order valence-corrected chi connectivity index (χ1v) is 5.80. The minimum atomic E-state index is -0.528. The van der Waals surface area contributed by atoms with Gasteiger partial charge in [-0.1, -0.05) is 24.4 Å². The number of hydrogen-bond acceptors (Lipinski definition) is 1. The molecule has 0 aromatic heterocycles. The Morgan fingerprint density at radius 1 is 1.38 bits per heavy atom. The van der Waals surface area contributed by atoms with E-state index in [-0.39, 0.29) is 17.5 Å². The molecule has 0 spiro atoms. The van der Waals surface area contributed by atoms with Gasteiger partial charge < -0.3 is 5.32 Å². The molecule has 1 aliphatic rings. The summed E-state index contributed by atoms with van der Waals surface area (Å²) in [6.07, 6.45) is 4.22. The Morgan fingerprint density at radius 2 is 2.06 bits per heavy atom. The Bertz CT molecular complexity index is 402. The van der Waals surface area contributed by atoms with Crippen LogP contribution in [0, 0.1) is 5.82 Å². The van der Waals surface area contributed by atoms with Gasteiger partial charge in [-0.3, -0.25) is 4.79 Å². The smallest absolute Gasteiger partial charge is 0.254 e. The Morgan fingerprint density at radius 3 is 2.75 bits per heavy atom. The Kier molecular flexibility index (Phi) is 3.44. The first kappa shape index (κ1) is 11.4. The van der Waals surface area contributed by atoms with Gasteiger partial charge in [0.05, 0.1) is 5.56 Å². The summed E-state index contributed by atoms with van der Waals surface area (Å²) in [5, 5.41) is 3.20. The van der Waals surface area contributed by atoms with Crippen molar-refractivity contribution in [1.29, 1.82) is 0 Å². The molecular weight excluding hydrogens is 229 g/mol. The van der Waals surface area contributed by atoms with Crippen molar-refractivity contribution in [3.8, 4) is 0 Å². The Balaban J connectivity index is 2.10. The summed E-state index contributed by atoms with van der Waals surface area (Å²) >= 11 is 5.73. The van der Waals surface area contributed by atoms with Gasteiger partial charge in [-0.2, -0.15) is 0 Å². The van der Waals surface area contributed by atoms with Crippen LogP contribution in [0.4, 0.5) is 4.39 Å². The van der Waals surface area contributed by atoms with Crippen molar-refractivity contribution in [3.63, 3.8) is 0 Å². The van der Waals surface area contributed by atoms with Crippen LogP contribution in [0.3, 0.4) is 0 Å². The summed E-state index contributed by atoms with van der Waals surface area (Å²) in [5.74, 6) is -0.896. The van der Waals surface area contributed by atoms with Crippen LogP contribution in [-0.2, 0) is 0 Å². The number of benzene rings is 1. The molecular formula is C12H13ClFNO. The van der Waals surface area contributed by atoms with Crippen molar-refractivity contribution in [2.24, 2.45) is 0 Å². The van der Waals surface area contributed by atoms with Gasteiger partial charge in [0.1, 0.15) is 5.82 Å². The molecule has 2 nitrogen and oxygen atoms in total. The van der Waals surface area contributed by atoms with Gasteiger partial charge in [0.25, 0.3) is 5.91 Å². The molecule has 1 saturated carbocycles. The lowest BCUT2D eigenvalue weighted by Gasteiger charge is -2.12. The van der Waals surface area contributed by atoms with Crippen LogP contribution in [0.2, 0.25) is 5.02 Å². The number of carbonyl (C=O) groups excluding carboxylic acids is 1. The summed E-state index contributed by atoms with van der Waals surface area (Å²) < 4.78 is 13.4. The summed E-state index contributed by atoms with van der Waals surface area (Å²) in [6, 6.07) is 4.20. The average molecular weight is 242 g/mol. The van der Waals surface area contributed by atoms with Crippen molar-refractivity contribution >= 4 is 17.5 Å². The maximum Gasteiger partial charge on any atom is 0.254 e. The summed E-state index contributed by atoms with van der Waals surface area (Å²) in [6.45, 7) is 0. The average Bonchev–Trinajstić information content (AvgIpc) is 2.74. The fraction of sp³-hybridized carbons (Fsp3) is 0.417. The highest BCUT2D eigenvalue weighted by molar-refractivity contribution is 6.31. The minimum Gasteiger partial charge on any atom is -0.349 e. The van der Waals surface area contributed by atoms with E-state index in [0.717, 1.165) is 25.7 Å². The van der Waals surface area contributed by atoms with Gasteiger partial charge in [0, 0.05) is 11.1 Å². The van der Waals surface area contributed by atoms with Crippen molar-refractivity contribution < 1.29 is 9.18 Å². The molecule has 1 aliphatic carbocycles. The van der Waals surface area contributed by atoms with E-state index in [2.05, 4.69) is 5.32 Å². The highest BCUT2D eigenvalue weighted by Gasteiger charge is 2.19. The fourth-order valence-corrected chi connectivity index (χ4v) is 2.18. The monoisotopic (exact) mass is 241 g/mol. The SMILES string of the molecule is O=C(NC1CCCC1)c1cc(Cl)ccc1F. The van der Waals surface area contributed by atoms with Crippen LogP contribution in [0.15, 0.2) is 18.2 Å². The molecule has 0 bridgehead atoms. The molecule has 2 rings (SSSR count). The van der Waals surface area contributed by atoms with Gasteiger partial charge in [0.2, 0.25) is 0 Å². The molecule has 0 saturated heterocycles. The molecule has 16 heavy (non-hydrogen) atoms. The second-order valence-corrected chi connectivity index (χ2v) is 4.52. The minimum absolute atomic E-state index is 0.0272. The highest BCUT2D eigenvalue weighted by atomic mass is 35.5. The molecule has 0 heterocycles. The van der Waals surface area contributed by atoms with Crippen LogP contribution < -0.4 is 5.32 Å². The van der Waals surface area contributed by atoms with E-state index >= 15 is 0 Å². The second kappa shape index (κ2) is 4.83. The van der Waals surface area contributed by atoms with Crippen LogP contribution in [0.1, 0.15) is 36.0 Å². The predicted molar refractivity (Wildman–Crippen MR) is 61.1 cm³/mol. The van der Waals surface area contributed by atoms with E-state index in [1.807, 2.05) is 0 Å². The molecule has 1 fully saturated rings. The molecule has 1 aromatic carbocycles. The van der Waals surface area contributed by atoms with Gasteiger partial charge in [-0.25, -0.2) is 4.39 Å². The van der Waals surface area contributed by atoms with E-state index in [0.29, 0.717) is 5.02 Å². The van der Waals surface area contributed by atoms with E-state index in [1.54, 1.807) is 0 Å². The molecule has 0 unspecified atom stereocenters. The summed E-state index contributed by atoms with van der Waals surface area (Å²) in [4.78, 5) is 11.8. The van der Waals surface area contributed by atoms with E-state index in [1.165, 1.54) is 18.2 Å². The largest absolute Gasteiger partial charge is 0.349 e. The van der Waals surface area contributed by atoms with Crippen LogP contribution >= 0.6 is 11.6 Å². The van der Waals surface area contributed by atoms with Crippen LogP contribution in [0.25, 0.3) is 0 Å². The lowest BCUT2D eigenvalue weighted by molar-refractivity contribution is 0.0934. The lowest BCUT2D eigenvalue weighted by atomic mass is 10.1. The molecule has 0 atom stereocenters. The first-order chi connectivity index (χ1) is 7.66. The molecule has 1 aromatic rings. The zero-order valence-electron chi connectivity index (χ0n) is 8.80. The number of nitrogens with one attached hydrogen (secondary N) is 1. The number of amides is 1. The standard InChI is InChI=1S/C12H13ClFNO/c13-8-5-6-11(14)10(7-8)12(16)15-9-3-1-2-4-9/h5-7,9H,1-4H2,(H,15,16). The summed E-state index contributed by atoms with van der Waals surface area (Å²) in [7, 11) is 0. The second-order valence-electron chi connectivity index (χ2n) is 4.08.